The van der Waals surface area contributed by atoms with Gasteiger partial charge in [-0.05, 0) is 43.3 Å². The van der Waals surface area contributed by atoms with Gasteiger partial charge in [0.25, 0.3) is 5.91 Å². The number of esters is 1. The molecular weight excluding hydrogens is 410 g/mol. The summed E-state index contributed by atoms with van der Waals surface area (Å²) in [4.78, 5) is 43.3. The van der Waals surface area contributed by atoms with Crippen LogP contribution in [0.25, 0.3) is 0 Å². The number of hydrogen-bond donors (Lipinski definition) is 1. The molecule has 1 unspecified atom stereocenters. The van der Waals surface area contributed by atoms with Crippen molar-refractivity contribution in [2.45, 2.75) is 19.4 Å². The van der Waals surface area contributed by atoms with Gasteiger partial charge in [0.15, 0.2) is 6.61 Å². The SMILES string of the molecule is CC1CC(=O)Nc2ccccc2N1C(=O)COC(=O)c1ccccc1Oc1cccnc1. The van der Waals surface area contributed by atoms with E-state index in [-0.39, 0.29) is 17.9 Å². The average Bonchev–Trinajstić information content (AvgIpc) is 2.92. The third kappa shape index (κ3) is 4.59. The number of nitrogens with one attached hydrogen (secondary N) is 1. The molecule has 1 atom stereocenters. The van der Waals surface area contributed by atoms with Crippen LogP contribution >= 0.6 is 0 Å². The first-order valence-electron chi connectivity index (χ1n) is 10.1. The van der Waals surface area contributed by atoms with E-state index in [1.54, 1.807) is 73.8 Å². The number of ether oxygens (including phenoxy) is 2. The molecule has 162 valence electrons. The molecular formula is C24H21N3O5. The Bertz CT molecular complexity index is 1150. The topological polar surface area (TPSA) is 97.8 Å². The van der Waals surface area contributed by atoms with Crippen molar-refractivity contribution in [2.75, 3.05) is 16.8 Å². The van der Waals surface area contributed by atoms with Crippen molar-refractivity contribution in [3.63, 3.8) is 0 Å². The van der Waals surface area contributed by atoms with Crippen LogP contribution in [0.3, 0.4) is 0 Å². The molecule has 2 aromatic carbocycles. The summed E-state index contributed by atoms with van der Waals surface area (Å²) >= 11 is 0. The number of amides is 2. The van der Waals surface area contributed by atoms with Crippen molar-refractivity contribution in [3.8, 4) is 11.5 Å². The fraction of sp³-hybridized carbons (Fsp3) is 0.167. The molecule has 0 radical (unpaired) electrons. The number of carbonyl (C=O) groups excluding carboxylic acids is 3. The number of carbonyl (C=O) groups is 3. The van der Waals surface area contributed by atoms with Crippen LogP contribution in [-0.4, -0.2) is 35.4 Å². The van der Waals surface area contributed by atoms with E-state index in [9.17, 15) is 14.4 Å². The van der Waals surface area contributed by atoms with Gasteiger partial charge >= 0.3 is 5.97 Å². The first-order valence-corrected chi connectivity index (χ1v) is 10.1. The second-order valence-corrected chi connectivity index (χ2v) is 7.25. The van der Waals surface area contributed by atoms with E-state index in [0.29, 0.717) is 22.9 Å². The number of benzene rings is 2. The standard InChI is InChI=1S/C24H21N3O5/c1-16-13-22(28)26-19-9-3-4-10-20(19)27(16)23(29)15-31-24(30)18-8-2-5-11-21(18)32-17-7-6-12-25-14-17/h2-12,14,16H,13,15H2,1H3,(H,26,28). The van der Waals surface area contributed by atoms with E-state index >= 15 is 0 Å². The number of aromatic nitrogens is 1. The van der Waals surface area contributed by atoms with Crippen LogP contribution in [0.1, 0.15) is 23.7 Å². The van der Waals surface area contributed by atoms with Crippen molar-refractivity contribution >= 4 is 29.2 Å². The highest BCUT2D eigenvalue weighted by atomic mass is 16.5. The fourth-order valence-electron chi connectivity index (χ4n) is 3.50. The molecule has 3 aromatic rings. The smallest absolute Gasteiger partial charge is 0.342 e. The first-order chi connectivity index (χ1) is 15.5. The summed E-state index contributed by atoms with van der Waals surface area (Å²) in [7, 11) is 0. The monoisotopic (exact) mass is 431 g/mol. The van der Waals surface area contributed by atoms with E-state index in [1.165, 1.54) is 11.1 Å². The van der Waals surface area contributed by atoms with Crippen molar-refractivity contribution < 1.29 is 23.9 Å². The van der Waals surface area contributed by atoms with E-state index in [1.807, 2.05) is 0 Å². The Morgan fingerprint density at radius 2 is 1.88 bits per heavy atom. The van der Waals surface area contributed by atoms with E-state index < -0.39 is 24.5 Å². The fourth-order valence-corrected chi connectivity index (χ4v) is 3.50. The summed E-state index contributed by atoms with van der Waals surface area (Å²) in [5, 5.41) is 2.80. The largest absolute Gasteiger partial charge is 0.455 e. The van der Waals surface area contributed by atoms with Gasteiger partial charge in [-0.3, -0.25) is 14.6 Å². The Balaban J connectivity index is 1.49. The summed E-state index contributed by atoms with van der Waals surface area (Å²) in [6.45, 7) is 1.30. The van der Waals surface area contributed by atoms with Crippen LogP contribution in [-0.2, 0) is 14.3 Å². The molecule has 1 aliphatic heterocycles. The molecule has 1 N–H and O–H groups in total. The lowest BCUT2D eigenvalue weighted by Gasteiger charge is -2.27. The molecule has 2 amide bonds. The zero-order valence-corrected chi connectivity index (χ0v) is 17.4. The number of para-hydroxylation sites is 3. The highest BCUT2D eigenvalue weighted by Crippen LogP contribution is 2.31. The zero-order chi connectivity index (χ0) is 22.5. The lowest BCUT2D eigenvalue weighted by atomic mass is 10.1. The van der Waals surface area contributed by atoms with E-state index in [2.05, 4.69) is 10.3 Å². The van der Waals surface area contributed by atoms with Gasteiger partial charge in [-0.15, -0.1) is 0 Å². The number of nitrogens with zero attached hydrogens (tertiary/aromatic N) is 2. The van der Waals surface area contributed by atoms with Crippen molar-refractivity contribution in [1.82, 2.24) is 4.98 Å². The van der Waals surface area contributed by atoms with Gasteiger partial charge in [0, 0.05) is 18.7 Å². The first kappa shape index (κ1) is 21.0. The van der Waals surface area contributed by atoms with Gasteiger partial charge in [-0.2, -0.15) is 0 Å². The molecule has 4 rings (SSSR count). The Morgan fingerprint density at radius 1 is 1.09 bits per heavy atom. The molecule has 32 heavy (non-hydrogen) atoms. The van der Waals surface area contributed by atoms with Gasteiger partial charge < -0.3 is 19.7 Å². The lowest BCUT2D eigenvalue weighted by Crippen LogP contribution is -2.41. The number of pyridine rings is 1. The number of hydrogen-bond acceptors (Lipinski definition) is 6. The molecule has 1 aromatic heterocycles. The molecule has 0 saturated heterocycles. The third-order valence-corrected chi connectivity index (χ3v) is 4.92. The van der Waals surface area contributed by atoms with E-state index in [0.717, 1.165) is 0 Å². The zero-order valence-electron chi connectivity index (χ0n) is 17.4. The Kier molecular flexibility index (Phi) is 6.12. The van der Waals surface area contributed by atoms with Crippen LogP contribution in [0.4, 0.5) is 11.4 Å². The van der Waals surface area contributed by atoms with Gasteiger partial charge in [-0.25, -0.2) is 4.79 Å². The van der Waals surface area contributed by atoms with Gasteiger partial charge in [0.05, 0.1) is 17.6 Å². The Morgan fingerprint density at radius 3 is 2.69 bits per heavy atom. The number of anilines is 2. The molecule has 0 spiro atoms. The molecule has 2 heterocycles. The minimum atomic E-state index is -0.692. The molecule has 0 fully saturated rings. The maximum Gasteiger partial charge on any atom is 0.342 e. The van der Waals surface area contributed by atoms with Crippen LogP contribution in [0, 0.1) is 0 Å². The highest BCUT2D eigenvalue weighted by molar-refractivity contribution is 6.05. The van der Waals surface area contributed by atoms with Crippen LogP contribution in [0.2, 0.25) is 0 Å². The summed E-state index contributed by atoms with van der Waals surface area (Å²) in [6.07, 6.45) is 3.28. The summed E-state index contributed by atoms with van der Waals surface area (Å²) in [6, 6.07) is 16.7. The Labute approximate surface area is 184 Å². The molecule has 8 heteroatoms. The number of fused-ring (bicyclic) bond motifs is 1. The van der Waals surface area contributed by atoms with Gasteiger partial charge in [0.2, 0.25) is 5.91 Å². The maximum atomic E-state index is 13.0. The quantitative estimate of drug-likeness (QED) is 0.617. The van der Waals surface area contributed by atoms with E-state index in [4.69, 9.17) is 9.47 Å². The van der Waals surface area contributed by atoms with Gasteiger partial charge in [0.1, 0.15) is 17.1 Å². The molecule has 1 aliphatic rings. The number of rotatable bonds is 5. The maximum absolute atomic E-state index is 13.0. The molecule has 8 nitrogen and oxygen atoms in total. The molecule has 0 bridgehead atoms. The summed E-state index contributed by atoms with van der Waals surface area (Å²) in [5.74, 6) is -0.542. The minimum Gasteiger partial charge on any atom is -0.455 e. The summed E-state index contributed by atoms with van der Waals surface area (Å²) < 4.78 is 11.1. The Hall–Kier alpha value is -4.20. The van der Waals surface area contributed by atoms with Crippen LogP contribution < -0.4 is 15.0 Å². The third-order valence-electron chi connectivity index (χ3n) is 4.92. The van der Waals surface area contributed by atoms with Gasteiger partial charge in [-0.1, -0.05) is 24.3 Å². The predicted octanol–water partition coefficient (Wildman–Crippen LogP) is 3.79. The second-order valence-electron chi connectivity index (χ2n) is 7.25. The predicted molar refractivity (Wildman–Crippen MR) is 118 cm³/mol. The summed E-state index contributed by atoms with van der Waals surface area (Å²) in [5.41, 5.74) is 1.29. The normalized spacial score (nSPS) is 15.2. The van der Waals surface area contributed by atoms with Crippen LogP contribution in [0.15, 0.2) is 73.1 Å². The molecule has 0 aliphatic carbocycles. The van der Waals surface area contributed by atoms with Crippen molar-refractivity contribution in [2.24, 2.45) is 0 Å². The lowest BCUT2D eigenvalue weighted by molar-refractivity contribution is -0.122. The van der Waals surface area contributed by atoms with Crippen molar-refractivity contribution in [3.05, 3.63) is 78.6 Å². The minimum absolute atomic E-state index is 0.135. The van der Waals surface area contributed by atoms with Crippen molar-refractivity contribution in [1.29, 1.82) is 0 Å². The second kappa shape index (κ2) is 9.30. The molecule has 0 saturated carbocycles. The highest BCUT2D eigenvalue weighted by Gasteiger charge is 2.30. The van der Waals surface area contributed by atoms with Crippen LogP contribution in [0.5, 0.6) is 11.5 Å². The average molecular weight is 431 g/mol.